The van der Waals surface area contributed by atoms with Crippen molar-refractivity contribution in [3.05, 3.63) is 60.7 Å². The summed E-state index contributed by atoms with van der Waals surface area (Å²) in [5, 5.41) is 1.29. The van der Waals surface area contributed by atoms with Crippen LogP contribution in [-0.2, 0) is 21.7 Å². The van der Waals surface area contributed by atoms with Gasteiger partial charge in [0.25, 0.3) is 0 Å². The van der Waals surface area contributed by atoms with Crippen LogP contribution >= 0.6 is 0 Å². The molecule has 0 atom stereocenters. The van der Waals surface area contributed by atoms with Gasteiger partial charge in [-0.3, -0.25) is 0 Å². The van der Waals surface area contributed by atoms with E-state index in [0.29, 0.717) is 0 Å². The molecule has 2 heteroatoms. The second-order valence-electron chi connectivity index (χ2n) is 3.78. The van der Waals surface area contributed by atoms with Crippen molar-refractivity contribution < 1.29 is 21.7 Å². The van der Waals surface area contributed by atoms with Crippen molar-refractivity contribution in [3.63, 3.8) is 0 Å². The zero-order valence-corrected chi connectivity index (χ0v) is 12.3. The summed E-state index contributed by atoms with van der Waals surface area (Å²) in [7, 11) is 0. The predicted molar refractivity (Wildman–Crippen MR) is 68.4 cm³/mol. The van der Waals surface area contributed by atoms with E-state index in [9.17, 15) is 0 Å². The Kier molecular flexibility index (Phi) is 6.10. The summed E-state index contributed by atoms with van der Waals surface area (Å²) < 4.78 is 3.09. The van der Waals surface area contributed by atoms with E-state index in [-0.39, 0.29) is 21.7 Å². The van der Waals surface area contributed by atoms with E-state index in [1.807, 2.05) is 0 Å². The first-order chi connectivity index (χ1) is 7.42. The Morgan fingerprint density at radius 3 is 1.44 bits per heavy atom. The molecule has 0 spiro atoms. The minimum Gasteiger partial charge on any atom is -0.104 e. The molecule has 0 saturated heterocycles. The Morgan fingerprint density at radius 1 is 0.750 bits per heavy atom. The third-order valence-corrected chi connectivity index (χ3v) is 6.01. The molecular weight excluding hydrogens is 243 g/mol. The van der Waals surface area contributed by atoms with Gasteiger partial charge < -0.3 is 0 Å². The quantitative estimate of drug-likeness (QED) is 0.741. The number of benzene rings is 2. The van der Waals surface area contributed by atoms with Gasteiger partial charge in [0.15, 0.2) is 0 Å². The topological polar surface area (TPSA) is 0 Å². The fourth-order valence-electron chi connectivity index (χ4n) is 2.03. The van der Waals surface area contributed by atoms with Crippen molar-refractivity contribution in [2.24, 2.45) is 0 Å². The predicted octanol–water partition coefficient (Wildman–Crippen LogP) is 2.31. The van der Waals surface area contributed by atoms with Gasteiger partial charge in [-0.15, -0.1) is 8.85 Å². The number of hydrogen-bond acceptors (Lipinski definition) is 0. The van der Waals surface area contributed by atoms with E-state index in [2.05, 4.69) is 67.6 Å². The Morgan fingerprint density at radius 2 is 1.12 bits per heavy atom. The molecule has 16 heavy (non-hydrogen) atoms. The van der Waals surface area contributed by atoms with E-state index in [1.165, 1.54) is 5.28 Å². The molecule has 0 aromatic heterocycles. The van der Waals surface area contributed by atoms with E-state index >= 15 is 0 Å². The summed E-state index contributed by atoms with van der Waals surface area (Å²) in [5.74, 6) is 0. The van der Waals surface area contributed by atoms with Crippen LogP contribution in [0.15, 0.2) is 60.7 Å². The van der Waals surface area contributed by atoms with Crippen LogP contribution in [0.1, 0.15) is 6.92 Å². The normalized spacial score (nSPS) is 9.31. The van der Waals surface area contributed by atoms with Gasteiger partial charge in [-0.1, -0.05) is 72.9 Å². The van der Waals surface area contributed by atoms with E-state index in [4.69, 9.17) is 0 Å². The molecule has 0 aliphatic carbocycles. The van der Waals surface area contributed by atoms with Gasteiger partial charge in [-0.05, 0) is 0 Å². The molecular formula is C14H15AlTi. The molecule has 0 heterocycles. The Balaban J connectivity index is 0.00000128. The van der Waals surface area contributed by atoms with Gasteiger partial charge in [0.1, 0.15) is 0 Å². The number of hydrogen-bond donors (Lipinski definition) is 0. The van der Waals surface area contributed by atoms with Gasteiger partial charge >= 0.3 is 14.1 Å². The molecule has 0 saturated carbocycles. The Hall–Kier alpha value is -0.313. The smallest absolute Gasteiger partial charge is 0.104 e. The van der Waals surface area contributed by atoms with E-state index in [1.54, 1.807) is 8.85 Å². The fraction of sp³-hybridized carbons (Fsp3) is 0.143. The average molecular weight is 258 g/mol. The molecule has 0 amide bonds. The van der Waals surface area contributed by atoms with Crippen molar-refractivity contribution >= 4 is 23.0 Å². The van der Waals surface area contributed by atoms with Gasteiger partial charge in [-0.2, -0.15) is 0 Å². The third kappa shape index (κ3) is 3.34. The molecule has 0 fully saturated rings. The molecule has 0 N–H and O–H groups in total. The molecule has 2 aromatic carbocycles. The standard InChI is InChI=1S/2C6H5.C2H5.Al.Ti/c2*1-2-4-6-5-3-1;1-2;;/h2*1-5H;1H2,2H3;;. The van der Waals surface area contributed by atoms with Crippen molar-refractivity contribution in [1.29, 1.82) is 0 Å². The maximum absolute atomic E-state index is 2.30. The monoisotopic (exact) mass is 258 g/mol. The molecule has 0 radical (unpaired) electrons. The summed E-state index contributed by atoms with van der Waals surface area (Å²) >= 11 is -0.930. The maximum atomic E-state index is 2.30. The van der Waals surface area contributed by atoms with Crippen LogP contribution in [0.25, 0.3) is 0 Å². The second-order valence-corrected chi connectivity index (χ2v) is 7.04. The largest absolute Gasteiger partial charge is 0.345 e. The molecule has 2 aromatic rings. The second kappa shape index (κ2) is 7.10. The first-order valence-corrected chi connectivity index (χ1v) is 7.49. The summed E-state index contributed by atoms with van der Waals surface area (Å²) in [4.78, 5) is 0. The molecule has 0 aliphatic rings. The van der Waals surface area contributed by atoms with Gasteiger partial charge in [0.2, 0.25) is 0 Å². The van der Waals surface area contributed by atoms with Crippen LogP contribution in [0, 0.1) is 0 Å². The van der Waals surface area contributed by atoms with Gasteiger partial charge in [0.05, 0.1) is 0 Å². The van der Waals surface area contributed by atoms with E-state index in [0.717, 1.165) is 0 Å². The molecule has 0 bridgehead atoms. The summed E-state index contributed by atoms with van der Waals surface area (Å²) in [5.41, 5.74) is 0. The van der Waals surface area contributed by atoms with Crippen molar-refractivity contribution in [2.75, 3.05) is 0 Å². The third-order valence-electron chi connectivity index (χ3n) is 2.81. The molecule has 0 nitrogen and oxygen atoms in total. The van der Waals surface area contributed by atoms with Crippen LogP contribution in [0.4, 0.5) is 0 Å². The fourth-order valence-corrected chi connectivity index (χ4v) is 4.74. The number of rotatable bonds is 3. The summed E-state index contributed by atoms with van der Waals surface area (Å²) in [6, 6.07) is 21.9. The Labute approximate surface area is 117 Å². The minimum atomic E-state index is -0.930. The average Bonchev–Trinajstić information content (AvgIpc) is 2.33. The van der Waals surface area contributed by atoms with Gasteiger partial charge in [-0.25, -0.2) is 0 Å². The van der Waals surface area contributed by atoms with Crippen LogP contribution in [0.5, 0.6) is 0 Å². The Bertz CT molecular complexity index is 360. The van der Waals surface area contributed by atoms with Gasteiger partial charge in [0, 0.05) is 21.7 Å². The molecule has 78 valence electrons. The minimum absolute atomic E-state index is 0. The van der Waals surface area contributed by atoms with Crippen molar-refractivity contribution in [1.82, 2.24) is 0 Å². The van der Waals surface area contributed by atoms with Crippen LogP contribution in [-0.4, -0.2) is 14.1 Å². The van der Waals surface area contributed by atoms with Crippen molar-refractivity contribution in [2.45, 2.75) is 12.2 Å². The summed E-state index contributed by atoms with van der Waals surface area (Å²) in [6.07, 6.45) is 0. The molecule has 0 aliphatic heterocycles. The first-order valence-electron chi connectivity index (χ1n) is 5.51. The van der Waals surface area contributed by atoms with Crippen LogP contribution < -0.4 is 8.85 Å². The zero-order chi connectivity index (χ0) is 10.5. The molecule has 0 unspecified atom stereocenters. The zero-order valence-electron chi connectivity index (χ0n) is 9.56. The molecule has 2 rings (SSSR count). The van der Waals surface area contributed by atoms with Crippen LogP contribution in [0.3, 0.4) is 0 Å². The van der Waals surface area contributed by atoms with Crippen LogP contribution in [0.2, 0.25) is 5.28 Å². The maximum Gasteiger partial charge on any atom is 0.345 e. The first kappa shape index (κ1) is 13.8. The summed E-state index contributed by atoms with van der Waals surface area (Å²) in [6.45, 7) is 2.30. The van der Waals surface area contributed by atoms with E-state index < -0.39 is 14.1 Å². The SMILES string of the molecule is C[CH2][Al]([c]1ccccc1)[c]1ccccc1.[Ti]. The van der Waals surface area contributed by atoms with Crippen molar-refractivity contribution in [3.8, 4) is 0 Å².